The summed E-state index contributed by atoms with van der Waals surface area (Å²) in [5, 5.41) is 20.2. The Kier molecular flexibility index (Phi) is 2.97. The minimum absolute atomic E-state index is 0.445. The molecule has 2 aromatic heterocycles. The zero-order chi connectivity index (χ0) is 13.9. The van der Waals surface area contributed by atoms with Crippen LogP contribution in [0.2, 0.25) is 0 Å². The fourth-order valence-electron chi connectivity index (χ4n) is 2.01. The van der Waals surface area contributed by atoms with Crippen molar-refractivity contribution in [3.05, 3.63) is 41.7 Å². The first-order valence-corrected chi connectivity index (χ1v) is 6.03. The van der Waals surface area contributed by atoms with E-state index in [9.17, 15) is 0 Å². The smallest absolute Gasteiger partial charge is 0.184 e. The Bertz CT molecular complexity index is 800. The zero-order valence-corrected chi connectivity index (χ0v) is 10.8. The third kappa shape index (κ3) is 1.93. The van der Waals surface area contributed by atoms with E-state index in [1.165, 1.54) is 6.33 Å². The molecule has 0 fully saturated rings. The molecule has 2 heterocycles. The lowest BCUT2D eigenvalue weighted by atomic mass is 10.1. The molecule has 0 unspecified atom stereocenters. The summed E-state index contributed by atoms with van der Waals surface area (Å²) in [7, 11) is 1.77. The van der Waals surface area contributed by atoms with Gasteiger partial charge in [0.2, 0.25) is 0 Å². The summed E-state index contributed by atoms with van der Waals surface area (Å²) in [6, 6.07) is 9.58. The number of aromatic nitrogens is 5. The van der Waals surface area contributed by atoms with Gasteiger partial charge in [-0.15, -0.1) is 5.10 Å². The van der Waals surface area contributed by atoms with E-state index in [-0.39, 0.29) is 0 Å². The molecule has 1 aromatic carbocycles. The fraction of sp³-hybridized carbons (Fsp3) is 0.154. The van der Waals surface area contributed by atoms with Crippen molar-refractivity contribution in [2.75, 3.05) is 12.4 Å². The van der Waals surface area contributed by atoms with E-state index in [1.807, 2.05) is 18.2 Å². The Hall–Kier alpha value is -3.01. The second kappa shape index (κ2) is 4.93. The summed E-state index contributed by atoms with van der Waals surface area (Å²) in [5.41, 5.74) is 2.76. The molecule has 0 radical (unpaired) electrons. The quantitative estimate of drug-likeness (QED) is 0.764. The molecule has 0 aliphatic rings. The van der Waals surface area contributed by atoms with Gasteiger partial charge < -0.3 is 5.32 Å². The number of nitrogens with one attached hydrogen (secondary N) is 1. The highest BCUT2D eigenvalue weighted by molar-refractivity contribution is 5.81. The van der Waals surface area contributed by atoms with Crippen LogP contribution in [0.4, 0.5) is 5.82 Å². The molecule has 0 amide bonds. The summed E-state index contributed by atoms with van der Waals surface area (Å²) in [4.78, 5) is 8.29. The lowest BCUT2D eigenvalue weighted by molar-refractivity contribution is 0.663. The molecule has 3 aromatic rings. The molecule has 7 heteroatoms. The molecule has 3 rings (SSSR count). The van der Waals surface area contributed by atoms with Crippen molar-refractivity contribution in [3.8, 4) is 6.07 Å². The van der Waals surface area contributed by atoms with Gasteiger partial charge in [-0.25, -0.2) is 14.6 Å². The lowest BCUT2D eigenvalue weighted by Gasteiger charge is -2.04. The molecule has 20 heavy (non-hydrogen) atoms. The van der Waals surface area contributed by atoms with E-state index in [0.717, 1.165) is 5.56 Å². The standard InChI is InChI=1S/C13H11N7/c1-15-12-11-13(17-8-16-12)20(19-18-11)7-10-5-3-2-4-9(10)6-14/h2-5,8H,7H2,1H3,(H,15,16,17). The van der Waals surface area contributed by atoms with Gasteiger partial charge in [0, 0.05) is 7.05 Å². The van der Waals surface area contributed by atoms with Gasteiger partial charge in [0.1, 0.15) is 6.33 Å². The maximum Gasteiger partial charge on any atom is 0.184 e. The van der Waals surface area contributed by atoms with Crippen molar-refractivity contribution in [1.82, 2.24) is 25.0 Å². The van der Waals surface area contributed by atoms with Crippen LogP contribution in [0.5, 0.6) is 0 Å². The number of nitriles is 1. The second-order valence-electron chi connectivity index (χ2n) is 4.16. The average Bonchev–Trinajstić information content (AvgIpc) is 2.91. The third-order valence-corrected chi connectivity index (χ3v) is 2.99. The van der Waals surface area contributed by atoms with Crippen LogP contribution in [-0.2, 0) is 6.54 Å². The zero-order valence-electron chi connectivity index (χ0n) is 10.8. The first-order chi connectivity index (χ1) is 9.83. The van der Waals surface area contributed by atoms with Crippen molar-refractivity contribution in [2.45, 2.75) is 6.54 Å². The molecule has 1 N–H and O–H groups in total. The van der Waals surface area contributed by atoms with Gasteiger partial charge in [-0.2, -0.15) is 5.26 Å². The predicted molar refractivity (Wildman–Crippen MR) is 72.9 cm³/mol. The maximum absolute atomic E-state index is 9.11. The van der Waals surface area contributed by atoms with Crippen LogP contribution < -0.4 is 5.32 Å². The van der Waals surface area contributed by atoms with Crippen LogP contribution in [0.3, 0.4) is 0 Å². The van der Waals surface area contributed by atoms with Gasteiger partial charge in [0.25, 0.3) is 0 Å². The Balaban J connectivity index is 2.06. The second-order valence-corrected chi connectivity index (χ2v) is 4.16. The summed E-state index contributed by atoms with van der Waals surface area (Å²) >= 11 is 0. The van der Waals surface area contributed by atoms with E-state index in [4.69, 9.17) is 5.26 Å². The van der Waals surface area contributed by atoms with Gasteiger partial charge >= 0.3 is 0 Å². The number of hydrogen-bond acceptors (Lipinski definition) is 6. The molecule has 0 aliphatic heterocycles. The molecular weight excluding hydrogens is 254 g/mol. The largest absolute Gasteiger partial charge is 0.371 e. The molecular formula is C13H11N7. The number of fused-ring (bicyclic) bond motifs is 1. The first kappa shape index (κ1) is 12.0. The number of anilines is 1. The molecule has 0 saturated heterocycles. The topological polar surface area (TPSA) is 92.3 Å². The van der Waals surface area contributed by atoms with Gasteiger partial charge in [0.15, 0.2) is 17.0 Å². The van der Waals surface area contributed by atoms with Crippen LogP contribution in [0.25, 0.3) is 11.2 Å². The Morgan fingerprint density at radius 2 is 2.15 bits per heavy atom. The molecule has 98 valence electrons. The SMILES string of the molecule is CNc1ncnc2c1nnn2Cc1ccccc1C#N. The summed E-state index contributed by atoms with van der Waals surface area (Å²) in [6.07, 6.45) is 1.46. The summed E-state index contributed by atoms with van der Waals surface area (Å²) in [6.45, 7) is 0.445. The fourth-order valence-corrected chi connectivity index (χ4v) is 2.01. The van der Waals surface area contributed by atoms with Gasteiger partial charge in [0.05, 0.1) is 18.2 Å². The van der Waals surface area contributed by atoms with Crippen molar-refractivity contribution >= 4 is 17.0 Å². The highest BCUT2D eigenvalue weighted by Crippen LogP contribution is 2.17. The number of rotatable bonds is 3. The maximum atomic E-state index is 9.11. The Morgan fingerprint density at radius 3 is 2.95 bits per heavy atom. The van der Waals surface area contributed by atoms with E-state index >= 15 is 0 Å². The predicted octanol–water partition coefficient (Wildman–Crippen LogP) is 1.18. The number of benzene rings is 1. The summed E-state index contributed by atoms with van der Waals surface area (Å²) < 4.78 is 1.66. The molecule has 0 bridgehead atoms. The van der Waals surface area contributed by atoms with Crippen LogP contribution in [0.15, 0.2) is 30.6 Å². The molecule has 0 spiro atoms. The van der Waals surface area contributed by atoms with Crippen molar-refractivity contribution in [2.24, 2.45) is 0 Å². The minimum Gasteiger partial charge on any atom is -0.371 e. The summed E-state index contributed by atoms with van der Waals surface area (Å²) in [5.74, 6) is 0.634. The highest BCUT2D eigenvalue weighted by atomic mass is 15.4. The Morgan fingerprint density at radius 1 is 1.30 bits per heavy atom. The van der Waals surface area contributed by atoms with E-state index in [0.29, 0.717) is 29.1 Å². The molecule has 0 saturated carbocycles. The Labute approximate surface area is 114 Å². The van der Waals surface area contributed by atoms with Gasteiger partial charge in [-0.3, -0.25) is 0 Å². The molecule has 0 atom stereocenters. The first-order valence-electron chi connectivity index (χ1n) is 6.03. The normalized spacial score (nSPS) is 10.4. The van der Waals surface area contributed by atoms with Gasteiger partial charge in [-0.05, 0) is 11.6 Å². The monoisotopic (exact) mass is 265 g/mol. The minimum atomic E-state index is 0.445. The molecule has 7 nitrogen and oxygen atoms in total. The number of hydrogen-bond donors (Lipinski definition) is 1. The molecule has 0 aliphatic carbocycles. The lowest BCUT2D eigenvalue weighted by Crippen LogP contribution is -2.05. The van der Waals surface area contributed by atoms with Crippen molar-refractivity contribution < 1.29 is 0 Å². The van der Waals surface area contributed by atoms with Crippen molar-refractivity contribution in [1.29, 1.82) is 5.26 Å². The van der Waals surface area contributed by atoms with E-state index in [2.05, 4.69) is 31.7 Å². The van der Waals surface area contributed by atoms with Crippen molar-refractivity contribution in [3.63, 3.8) is 0 Å². The van der Waals surface area contributed by atoms with E-state index in [1.54, 1.807) is 17.8 Å². The highest BCUT2D eigenvalue weighted by Gasteiger charge is 2.12. The van der Waals surface area contributed by atoms with Crippen LogP contribution in [0, 0.1) is 11.3 Å². The van der Waals surface area contributed by atoms with Crippen LogP contribution in [0.1, 0.15) is 11.1 Å². The van der Waals surface area contributed by atoms with Crippen LogP contribution in [-0.4, -0.2) is 32.0 Å². The van der Waals surface area contributed by atoms with E-state index < -0.39 is 0 Å². The average molecular weight is 265 g/mol. The van der Waals surface area contributed by atoms with Crippen LogP contribution >= 0.6 is 0 Å². The van der Waals surface area contributed by atoms with Gasteiger partial charge in [-0.1, -0.05) is 23.4 Å². The third-order valence-electron chi connectivity index (χ3n) is 2.99. The number of nitrogens with zero attached hydrogens (tertiary/aromatic N) is 6.